The molecule has 0 saturated heterocycles. The van der Waals surface area contributed by atoms with E-state index in [0.29, 0.717) is 24.8 Å². The molecule has 0 fully saturated rings. The maximum absolute atomic E-state index is 10.9. The highest BCUT2D eigenvalue weighted by molar-refractivity contribution is 5.70. The van der Waals surface area contributed by atoms with Crippen molar-refractivity contribution in [2.75, 3.05) is 18.0 Å². The number of ether oxygens (including phenoxy) is 1. The lowest BCUT2D eigenvalue weighted by molar-refractivity contribution is -0.140. The molecule has 6 nitrogen and oxygen atoms in total. The number of anilines is 1. The van der Waals surface area contributed by atoms with Gasteiger partial charge in [0, 0.05) is 19.2 Å². The molecule has 0 aliphatic carbocycles. The molecule has 1 rings (SSSR count). The predicted octanol–water partition coefficient (Wildman–Crippen LogP) is 1.81. The lowest BCUT2D eigenvalue weighted by Gasteiger charge is -2.24. The third-order valence-electron chi connectivity index (χ3n) is 2.61. The highest BCUT2D eigenvalue weighted by Gasteiger charge is 2.17. The summed E-state index contributed by atoms with van der Waals surface area (Å²) >= 11 is 0. The van der Waals surface area contributed by atoms with Crippen LogP contribution in [0.5, 0.6) is 5.88 Å². The Kier molecular flexibility index (Phi) is 5.54. The zero-order valence-corrected chi connectivity index (χ0v) is 11.8. The van der Waals surface area contributed by atoms with E-state index in [4.69, 9.17) is 9.84 Å². The quantitative estimate of drug-likeness (QED) is 0.812. The number of hydrogen-bond donors (Lipinski definition) is 1. The molecule has 1 aromatic heterocycles. The average molecular weight is 267 g/mol. The maximum atomic E-state index is 10.9. The normalized spacial score (nSPS) is 12.3. The lowest BCUT2D eigenvalue weighted by Crippen LogP contribution is -2.32. The minimum Gasteiger partial charge on any atom is -0.481 e. The van der Waals surface area contributed by atoms with Crippen LogP contribution in [0.25, 0.3) is 0 Å². The number of aromatic nitrogens is 2. The molecule has 1 aromatic rings. The first-order chi connectivity index (χ1) is 8.93. The zero-order chi connectivity index (χ0) is 14.4. The highest BCUT2D eigenvalue weighted by Crippen LogP contribution is 2.17. The van der Waals surface area contributed by atoms with Gasteiger partial charge in [-0.25, -0.2) is 9.97 Å². The van der Waals surface area contributed by atoms with Crippen molar-refractivity contribution in [2.45, 2.75) is 33.8 Å². The van der Waals surface area contributed by atoms with Crippen LogP contribution in [0.1, 0.15) is 27.7 Å². The van der Waals surface area contributed by atoms with Crippen molar-refractivity contribution in [3.05, 3.63) is 12.4 Å². The lowest BCUT2D eigenvalue weighted by atomic mass is 10.1. The van der Waals surface area contributed by atoms with E-state index in [1.807, 2.05) is 25.7 Å². The van der Waals surface area contributed by atoms with Crippen LogP contribution in [-0.4, -0.2) is 40.2 Å². The second-order valence-electron chi connectivity index (χ2n) is 4.66. The molecule has 0 aliphatic rings. The SMILES string of the molecule is CCN(CC(C)C(=O)O)c1cc(OC(C)C)ncn1. The summed E-state index contributed by atoms with van der Waals surface area (Å²) in [5, 5.41) is 8.96. The minimum absolute atomic E-state index is 0.0377. The van der Waals surface area contributed by atoms with Gasteiger partial charge in [-0.3, -0.25) is 4.79 Å². The molecule has 106 valence electrons. The standard InChI is InChI=1S/C13H21N3O3/c1-5-16(7-10(4)13(17)18)11-6-12(15-8-14-11)19-9(2)3/h6,8-10H,5,7H2,1-4H3,(H,17,18). The van der Waals surface area contributed by atoms with Gasteiger partial charge in [0.25, 0.3) is 0 Å². The number of carbonyl (C=O) groups is 1. The predicted molar refractivity (Wildman–Crippen MR) is 72.5 cm³/mol. The monoisotopic (exact) mass is 267 g/mol. The van der Waals surface area contributed by atoms with Gasteiger partial charge >= 0.3 is 5.97 Å². The van der Waals surface area contributed by atoms with E-state index in [9.17, 15) is 4.79 Å². The Morgan fingerprint density at radius 2 is 2.11 bits per heavy atom. The van der Waals surface area contributed by atoms with Crippen molar-refractivity contribution >= 4 is 11.8 Å². The summed E-state index contributed by atoms with van der Waals surface area (Å²) < 4.78 is 5.51. The molecule has 0 amide bonds. The van der Waals surface area contributed by atoms with Gasteiger partial charge in [-0.05, 0) is 20.8 Å². The zero-order valence-electron chi connectivity index (χ0n) is 11.8. The van der Waals surface area contributed by atoms with E-state index in [1.54, 1.807) is 13.0 Å². The van der Waals surface area contributed by atoms with E-state index >= 15 is 0 Å². The molecule has 1 N–H and O–H groups in total. The van der Waals surface area contributed by atoms with Gasteiger partial charge in [-0.15, -0.1) is 0 Å². The summed E-state index contributed by atoms with van der Waals surface area (Å²) in [4.78, 5) is 21.0. The highest BCUT2D eigenvalue weighted by atomic mass is 16.5. The molecule has 19 heavy (non-hydrogen) atoms. The molecule has 0 spiro atoms. The smallest absolute Gasteiger partial charge is 0.308 e. The van der Waals surface area contributed by atoms with Gasteiger partial charge in [-0.2, -0.15) is 0 Å². The average Bonchev–Trinajstić information content (AvgIpc) is 2.34. The summed E-state index contributed by atoms with van der Waals surface area (Å²) in [5.41, 5.74) is 0. The number of carboxylic acids is 1. The number of hydrogen-bond acceptors (Lipinski definition) is 5. The van der Waals surface area contributed by atoms with Gasteiger partial charge < -0.3 is 14.7 Å². The van der Waals surface area contributed by atoms with E-state index in [0.717, 1.165) is 0 Å². The van der Waals surface area contributed by atoms with Crippen LogP contribution >= 0.6 is 0 Å². The van der Waals surface area contributed by atoms with Crippen molar-refractivity contribution in [1.82, 2.24) is 9.97 Å². The second kappa shape index (κ2) is 6.92. The molecule has 0 aromatic carbocycles. The Morgan fingerprint density at radius 1 is 1.42 bits per heavy atom. The van der Waals surface area contributed by atoms with E-state index in [-0.39, 0.29) is 6.10 Å². The molecular formula is C13H21N3O3. The fourth-order valence-electron chi connectivity index (χ4n) is 1.60. The van der Waals surface area contributed by atoms with Crippen LogP contribution < -0.4 is 9.64 Å². The third kappa shape index (κ3) is 4.73. The first kappa shape index (κ1) is 15.2. The molecule has 1 unspecified atom stereocenters. The number of nitrogens with zero attached hydrogens (tertiary/aromatic N) is 3. The molecule has 0 aliphatic heterocycles. The molecule has 1 atom stereocenters. The fourth-order valence-corrected chi connectivity index (χ4v) is 1.60. The fraction of sp³-hybridized carbons (Fsp3) is 0.615. The van der Waals surface area contributed by atoms with Crippen LogP contribution in [0.15, 0.2) is 12.4 Å². The minimum atomic E-state index is -0.814. The number of rotatable bonds is 7. The Bertz CT molecular complexity index is 423. The number of aliphatic carboxylic acids is 1. The summed E-state index contributed by atoms with van der Waals surface area (Å²) in [6.07, 6.45) is 1.47. The summed E-state index contributed by atoms with van der Waals surface area (Å²) in [5.74, 6) is -0.0850. The molecule has 1 heterocycles. The molecule has 0 bridgehead atoms. The summed E-state index contributed by atoms with van der Waals surface area (Å²) in [6.45, 7) is 8.56. The summed E-state index contributed by atoms with van der Waals surface area (Å²) in [6, 6.07) is 1.73. The van der Waals surface area contributed by atoms with E-state index in [2.05, 4.69) is 9.97 Å². The first-order valence-electron chi connectivity index (χ1n) is 6.40. The Hall–Kier alpha value is -1.85. The topological polar surface area (TPSA) is 75.6 Å². The van der Waals surface area contributed by atoms with E-state index < -0.39 is 11.9 Å². The van der Waals surface area contributed by atoms with Crippen LogP contribution in [0, 0.1) is 5.92 Å². The summed E-state index contributed by atoms with van der Waals surface area (Å²) in [7, 11) is 0. The largest absolute Gasteiger partial charge is 0.481 e. The Labute approximate surface area is 113 Å². The van der Waals surface area contributed by atoms with Crippen molar-refractivity contribution < 1.29 is 14.6 Å². The van der Waals surface area contributed by atoms with Crippen molar-refractivity contribution in [3.63, 3.8) is 0 Å². The van der Waals surface area contributed by atoms with Crippen LogP contribution in [0.3, 0.4) is 0 Å². The number of carboxylic acid groups (broad SMARTS) is 1. The van der Waals surface area contributed by atoms with Gasteiger partial charge in [-0.1, -0.05) is 6.92 Å². The van der Waals surface area contributed by atoms with Gasteiger partial charge in [0.15, 0.2) is 0 Å². The van der Waals surface area contributed by atoms with E-state index in [1.165, 1.54) is 6.33 Å². The van der Waals surface area contributed by atoms with Crippen LogP contribution in [0.2, 0.25) is 0 Å². The van der Waals surface area contributed by atoms with Gasteiger partial charge in [0.05, 0.1) is 12.0 Å². The Morgan fingerprint density at radius 3 is 2.63 bits per heavy atom. The molecular weight excluding hydrogens is 246 g/mol. The van der Waals surface area contributed by atoms with Crippen molar-refractivity contribution in [3.8, 4) is 5.88 Å². The van der Waals surface area contributed by atoms with Crippen molar-refractivity contribution in [2.24, 2.45) is 5.92 Å². The Balaban J connectivity index is 2.83. The van der Waals surface area contributed by atoms with Crippen LogP contribution in [0.4, 0.5) is 5.82 Å². The first-order valence-corrected chi connectivity index (χ1v) is 6.40. The third-order valence-corrected chi connectivity index (χ3v) is 2.61. The molecule has 6 heteroatoms. The molecule has 0 radical (unpaired) electrons. The maximum Gasteiger partial charge on any atom is 0.308 e. The molecule has 0 saturated carbocycles. The second-order valence-corrected chi connectivity index (χ2v) is 4.66. The van der Waals surface area contributed by atoms with Gasteiger partial charge in [0.1, 0.15) is 12.1 Å². The van der Waals surface area contributed by atoms with Gasteiger partial charge in [0.2, 0.25) is 5.88 Å². The van der Waals surface area contributed by atoms with Crippen LogP contribution in [-0.2, 0) is 4.79 Å². The van der Waals surface area contributed by atoms with Crippen molar-refractivity contribution in [1.29, 1.82) is 0 Å².